The highest BCUT2D eigenvalue weighted by Crippen LogP contribution is 2.25. The maximum absolute atomic E-state index is 5.32. The molecule has 0 saturated carbocycles. The number of aromatic amines is 1. The number of nitrogens with zero attached hydrogens (tertiary/aromatic N) is 7. The predicted octanol–water partition coefficient (Wildman–Crippen LogP) is 2.78. The van der Waals surface area contributed by atoms with Gasteiger partial charge < -0.3 is 0 Å². The third-order valence-electron chi connectivity index (χ3n) is 4.39. The minimum Gasteiger partial charge on any atom is -0.299 e. The van der Waals surface area contributed by atoms with Gasteiger partial charge in [-0.25, -0.2) is 9.97 Å². The van der Waals surface area contributed by atoms with E-state index in [0.29, 0.717) is 10.5 Å². The summed E-state index contributed by atoms with van der Waals surface area (Å²) in [7, 11) is 0. The first-order valence-electron chi connectivity index (χ1n) is 7.95. The molecule has 0 fully saturated rings. The van der Waals surface area contributed by atoms with E-state index < -0.39 is 0 Å². The van der Waals surface area contributed by atoms with Crippen LogP contribution in [0.15, 0.2) is 30.6 Å². The summed E-state index contributed by atoms with van der Waals surface area (Å²) in [6, 6.07) is 7.93. The van der Waals surface area contributed by atoms with Crippen LogP contribution in [0.1, 0.15) is 12.6 Å². The molecule has 1 aromatic carbocycles. The maximum atomic E-state index is 5.32. The van der Waals surface area contributed by atoms with Crippen LogP contribution in [0.25, 0.3) is 33.8 Å². The smallest absolute Gasteiger partial charge is 0.238 e. The SMILES string of the molecule is CCn1c(-c2c(C)nc3n2nc2c4ccccc4ncn23)n[nH]c1=S. The lowest BCUT2D eigenvalue weighted by molar-refractivity contribution is 0.749. The second-order valence-corrected chi connectivity index (χ2v) is 6.20. The van der Waals surface area contributed by atoms with Gasteiger partial charge >= 0.3 is 0 Å². The molecule has 0 spiro atoms. The second-order valence-electron chi connectivity index (χ2n) is 5.81. The Bertz CT molecular complexity index is 1320. The van der Waals surface area contributed by atoms with Crippen molar-refractivity contribution >= 4 is 34.5 Å². The number of para-hydroxylation sites is 1. The highest BCUT2D eigenvalue weighted by Gasteiger charge is 2.21. The molecule has 8 nitrogen and oxygen atoms in total. The fourth-order valence-electron chi connectivity index (χ4n) is 3.23. The summed E-state index contributed by atoms with van der Waals surface area (Å²) in [6.45, 7) is 4.70. The van der Waals surface area contributed by atoms with Crippen LogP contribution >= 0.6 is 12.2 Å². The van der Waals surface area contributed by atoms with Crippen molar-refractivity contribution in [2.75, 3.05) is 0 Å². The van der Waals surface area contributed by atoms with Crippen LogP contribution < -0.4 is 0 Å². The van der Waals surface area contributed by atoms with E-state index in [4.69, 9.17) is 22.3 Å². The molecule has 4 heterocycles. The molecule has 5 rings (SSSR count). The molecular weight excluding hydrogens is 336 g/mol. The van der Waals surface area contributed by atoms with Crippen molar-refractivity contribution in [3.05, 3.63) is 41.1 Å². The zero-order chi connectivity index (χ0) is 17.1. The zero-order valence-electron chi connectivity index (χ0n) is 13.6. The number of benzene rings is 1. The third kappa shape index (κ3) is 1.84. The molecule has 124 valence electrons. The predicted molar refractivity (Wildman–Crippen MR) is 96.1 cm³/mol. The van der Waals surface area contributed by atoms with Gasteiger partial charge in [0.25, 0.3) is 0 Å². The highest BCUT2D eigenvalue weighted by atomic mass is 32.1. The van der Waals surface area contributed by atoms with Crippen LogP contribution in [0.4, 0.5) is 0 Å². The van der Waals surface area contributed by atoms with Crippen molar-refractivity contribution in [2.24, 2.45) is 0 Å². The topological polar surface area (TPSA) is 81.1 Å². The molecule has 0 bridgehead atoms. The van der Waals surface area contributed by atoms with Gasteiger partial charge in [0.1, 0.15) is 12.0 Å². The minimum atomic E-state index is 0.586. The number of hydrogen-bond acceptors (Lipinski definition) is 5. The standard InChI is InChI=1S/C16H14N8S/c1-3-22-14(19-20-16(22)25)12-9(2)18-15-23-8-17-11-7-5-4-6-10(11)13(23)21-24(12)15/h4-8H,3H2,1-2H3,(H,20,25). The number of H-pyrrole nitrogens is 1. The first-order valence-corrected chi connectivity index (χ1v) is 8.36. The molecule has 0 saturated heterocycles. The molecule has 1 N–H and O–H groups in total. The summed E-state index contributed by atoms with van der Waals surface area (Å²) in [5.74, 6) is 1.44. The lowest BCUT2D eigenvalue weighted by atomic mass is 10.2. The number of hydrogen-bond donors (Lipinski definition) is 1. The average Bonchev–Trinajstić information content (AvgIpc) is 3.25. The Labute approximate surface area is 146 Å². The van der Waals surface area contributed by atoms with Gasteiger partial charge in [0.2, 0.25) is 5.78 Å². The molecule has 5 aromatic rings. The largest absolute Gasteiger partial charge is 0.299 e. The first-order chi connectivity index (χ1) is 12.2. The number of nitrogens with one attached hydrogen (secondary N) is 1. The van der Waals surface area contributed by atoms with E-state index in [-0.39, 0.29) is 0 Å². The van der Waals surface area contributed by atoms with Crippen LogP contribution in [0.3, 0.4) is 0 Å². The number of fused-ring (bicyclic) bond motifs is 5. The van der Waals surface area contributed by atoms with E-state index in [1.165, 1.54) is 0 Å². The van der Waals surface area contributed by atoms with Crippen molar-refractivity contribution < 1.29 is 0 Å². The van der Waals surface area contributed by atoms with Crippen LogP contribution in [-0.4, -0.2) is 38.7 Å². The Morgan fingerprint density at radius 3 is 2.92 bits per heavy atom. The van der Waals surface area contributed by atoms with E-state index >= 15 is 0 Å². The maximum Gasteiger partial charge on any atom is 0.238 e. The van der Waals surface area contributed by atoms with Gasteiger partial charge in [0.15, 0.2) is 16.2 Å². The van der Waals surface area contributed by atoms with Crippen molar-refractivity contribution in [3.63, 3.8) is 0 Å². The fraction of sp³-hybridized carbons (Fsp3) is 0.188. The monoisotopic (exact) mass is 350 g/mol. The second kappa shape index (κ2) is 4.96. The lowest BCUT2D eigenvalue weighted by Gasteiger charge is -2.02. The van der Waals surface area contributed by atoms with Crippen molar-refractivity contribution in [2.45, 2.75) is 20.4 Å². The Morgan fingerprint density at radius 1 is 1.24 bits per heavy atom. The van der Waals surface area contributed by atoms with E-state index in [2.05, 4.69) is 15.2 Å². The zero-order valence-corrected chi connectivity index (χ0v) is 14.4. The van der Waals surface area contributed by atoms with Crippen LogP contribution in [0, 0.1) is 11.7 Å². The Balaban J connectivity index is 1.93. The van der Waals surface area contributed by atoms with E-state index in [1.807, 2.05) is 51.6 Å². The number of aromatic nitrogens is 8. The summed E-state index contributed by atoms with van der Waals surface area (Å²) >= 11 is 5.32. The number of aryl methyl sites for hydroxylation is 1. The van der Waals surface area contributed by atoms with Crippen LogP contribution in [0.2, 0.25) is 0 Å². The molecule has 0 radical (unpaired) electrons. The number of imidazole rings is 1. The molecule has 0 aliphatic rings. The Kier molecular flexibility index (Phi) is 2.84. The molecule has 9 heteroatoms. The molecular formula is C16H14N8S. The Hall–Kier alpha value is -3.07. The summed E-state index contributed by atoms with van der Waals surface area (Å²) in [5.41, 5.74) is 3.38. The van der Waals surface area contributed by atoms with E-state index in [9.17, 15) is 0 Å². The van der Waals surface area contributed by atoms with Crippen molar-refractivity contribution in [3.8, 4) is 11.5 Å². The molecule has 0 amide bonds. The molecule has 4 aromatic heterocycles. The molecule has 0 aliphatic heterocycles. The van der Waals surface area contributed by atoms with Gasteiger partial charge in [-0.05, 0) is 38.2 Å². The van der Waals surface area contributed by atoms with Gasteiger partial charge in [-0.3, -0.25) is 14.1 Å². The van der Waals surface area contributed by atoms with E-state index in [1.54, 1.807) is 6.33 Å². The first kappa shape index (κ1) is 14.3. The van der Waals surface area contributed by atoms with Crippen LogP contribution in [0.5, 0.6) is 0 Å². The van der Waals surface area contributed by atoms with Crippen molar-refractivity contribution in [1.82, 2.24) is 38.7 Å². The summed E-state index contributed by atoms with van der Waals surface area (Å²) in [4.78, 5) is 9.20. The summed E-state index contributed by atoms with van der Waals surface area (Å²) in [6.07, 6.45) is 1.76. The fourth-order valence-corrected chi connectivity index (χ4v) is 3.49. The highest BCUT2D eigenvalue weighted by molar-refractivity contribution is 7.71. The van der Waals surface area contributed by atoms with Gasteiger partial charge in [0, 0.05) is 11.9 Å². The molecule has 25 heavy (non-hydrogen) atoms. The van der Waals surface area contributed by atoms with Gasteiger partial charge in [-0.1, -0.05) is 12.1 Å². The quantitative estimate of drug-likeness (QED) is 0.495. The minimum absolute atomic E-state index is 0.586. The third-order valence-corrected chi connectivity index (χ3v) is 4.71. The van der Waals surface area contributed by atoms with Gasteiger partial charge in [-0.15, -0.1) is 5.10 Å². The van der Waals surface area contributed by atoms with Gasteiger partial charge in [0.05, 0.1) is 11.2 Å². The normalized spacial score (nSPS) is 11.9. The lowest BCUT2D eigenvalue weighted by Crippen LogP contribution is -2.01. The van der Waals surface area contributed by atoms with Crippen molar-refractivity contribution in [1.29, 1.82) is 0 Å². The van der Waals surface area contributed by atoms with Gasteiger partial charge in [-0.2, -0.15) is 9.61 Å². The molecule has 0 unspecified atom stereocenters. The number of rotatable bonds is 2. The summed E-state index contributed by atoms with van der Waals surface area (Å²) in [5, 5.41) is 13.0. The molecule has 0 aliphatic carbocycles. The average molecular weight is 350 g/mol. The van der Waals surface area contributed by atoms with Crippen LogP contribution in [-0.2, 0) is 6.54 Å². The molecule has 0 atom stereocenters. The summed E-state index contributed by atoms with van der Waals surface area (Å²) < 4.78 is 6.24. The Morgan fingerprint density at radius 2 is 2.08 bits per heavy atom. The van der Waals surface area contributed by atoms with E-state index in [0.717, 1.165) is 40.3 Å².